The molecule has 0 bridgehead atoms. The molecule has 2 unspecified atom stereocenters. The average Bonchev–Trinajstić information content (AvgIpc) is 2.37. The predicted octanol–water partition coefficient (Wildman–Crippen LogP) is 4.62. The van der Waals surface area contributed by atoms with Gasteiger partial charge in [-0.2, -0.15) is 0 Å². The highest BCUT2D eigenvalue weighted by Crippen LogP contribution is 2.48. The topological polar surface area (TPSA) is 29.5 Å². The third kappa shape index (κ3) is 3.51. The first-order valence-electron chi connectivity index (χ1n) is 7.31. The maximum absolute atomic E-state index is 12.6. The number of benzene rings is 1. The zero-order chi connectivity index (χ0) is 15.7. The van der Waals surface area contributed by atoms with E-state index in [9.17, 15) is 18.3 Å². The summed E-state index contributed by atoms with van der Waals surface area (Å²) in [5, 5.41) is 11.1. The first kappa shape index (κ1) is 16.1. The van der Waals surface area contributed by atoms with Crippen LogP contribution in [0.5, 0.6) is 5.75 Å². The lowest BCUT2D eigenvalue weighted by Crippen LogP contribution is -2.41. The highest BCUT2D eigenvalue weighted by Gasteiger charge is 2.44. The molecule has 1 N–H and O–H groups in total. The van der Waals surface area contributed by atoms with E-state index in [1.807, 2.05) is 13.8 Å². The van der Waals surface area contributed by atoms with Crippen LogP contribution in [0.4, 0.5) is 13.2 Å². The van der Waals surface area contributed by atoms with Gasteiger partial charge in [0.25, 0.3) is 0 Å². The molecule has 0 amide bonds. The van der Waals surface area contributed by atoms with Gasteiger partial charge in [0.2, 0.25) is 0 Å². The van der Waals surface area contributed by atoms with Crippen molar-refractivity contribution in [1.82, 2.24) is 0 Å². The van der Waals surface area contributed by atoms with Crippen LogP contribution in [-0.2, 0) is 5.60 Å². The Kier molecular flexibility index (Phi) is 4.51. The Balaban J connectivity index is 2.43. The zero-order valence-electron chi connectivity index (χ0n) is 12.3. The molecule has 1 aliphatic carbocycles. The van der Waals surface area contributed by atoms with E-state index in [1.165, 1.54) is 12.1 Å². The van der Waals surface area contributed by atoms with Crippen molar-refractivity contribution in [1.29, 1.82) is 0 Å². The summed E-state index contributed by atoms with van der Waals surface area (Å²) >= 11 is 0. The second kappa shape index (κ2) is 5.87. The minimum atomic E-state index is -4.76. The largest absolute Gasteiger partial charge is 0.573 e. The van der Waals surface area contributed by atoms with Crippen molar-refractivity contribution in [2.75, 3.05) is 0 Å². The van der Waals surface area contributed by atoms with E-state index in [4.69, 9.17) is 0 Å². The van der Waals surface area contributed by atoms with Crippen molar-refractivity contribution in [3.63, 3.8) is 0 Å². The van der Waals surface area contributed by atoms with Crippen LogP contribution >= 0.6 is 0 Å². The van der Waals surface area contributed by atoms with Crippen molar-refractivity contribution in [3.05, 3.63) is 29.8 Å². The Bertz CT molecular complexity index is 485. The molecule has 0 aliphatic heterocycles. The van der Waals surface area contributed by atoms with E-state index in [0.29, 0.717) is 6.42 Å². The van der Waals surface area contributed by atoms with Crippen molar-refractivity contribution < 1.29 is 23.0 Å². The maximum Gasteiger partial charge on any atom is 0.573 e. The van der Waals surface area contributed by atoms with Gasteiger partial charge in [-0.25, -0.2) is 0 Å². The number of aliphatic hydroxyl groups is 1. The van der Waals surface area contributed by atoms with Crippen LogP contribution in [0.3, 0.4) is 0 Å². The molecule has 0 saturated heterocycles. The summed E-state index contributed by atoms with van der Waals surface area (Å²) in [7, 11) is 0. The molecule has 2 nitrogen and oxygen atoms in total. The van der Waals surface area contributed by atoms with E-state index in [0.717, 1.165) is 19.3 Å². The van der Waals surface area contributed by atoms with Crippen LogP contribution in [0, 0.1) is 11.8 Å². The molecular formula is C16H21F3O2. The Hall–Kier alpha value is -1.23. The molecule has 1 aromatic carbocycles. The van der Waals surface area contributed by atoms with Gasteiger partial charge < -0.3 is 9.84 Å². The van der Waals surface area contributed by atoms with Gasteiger partial charge in [-0.3, -0.25) is 0 Å². The molecule has 5 heteroatoms. The number of rotatable bonds is 3. The molecule has 0 heterocycles. The number of alkyl halides is 3. The van der Waals surface area contributed by atoms with Gasteiger partial charge in [-0.15, -0.1) is 13.2 Å². The first-order valence-corrected chi connectivity index (χ1v) is 7.31. The summed E-state index contributed by atoms with van der Waals surface area (Å²) in [4.78, 5) is 0. The smallest absolute Gasteiger partial charge is 0.405 e. The van der Waals surface area contributed by atoms with Gasteiger partial charge in [0, 0.05) is 5.56 Å². The monoisotopic (exact) mass is 302 g/mol. The van der Waals surface area contributed by atoms with Crippen LogP contribution in [0.1, 0.15) is 45.1 Å². The van der Waals surface area contributed by atoms with Crippen LogP contribution in [0.15, 0.2) is 24.3 Å². The van der Waals surface area contributed by atoms with E-state index in [1.54, 1.807) is 12.1 Å². The fourth-order valence-corrected chi connectivity index (χ4v) is 3.44. The fourth-order valence-electron chi connectivity index (χ4n) is 3.44. The van der Waals surface area contributed by atoms with Crippen LogP contribution in [0.2, 0.25) is 0 Å². The molecule has 2 atom stereocenters. The molecule has 1 aliphatic rings. The number of para-hydroxylation sites is 1. The Morgan fingerprint density at radius 2 is 1.90 bits per heavy atom. The summed E-state index contributed by atoms with van der Waals surface area (Å²) < 4.78 is 41.8. The molecule has 1 aromatic rings. The fraction of sp³-hybridized carbons (Fsp3) is 0.625. The highest BCUT2D eigenvalue weighted by atomic mass is 19.4. The summed E-state index contributed by atoms with van der Waals surface area (Å²) in [6.45, 7) is 3.99. The van der Waals surface area contributed by atoms with Crippen molar-refractivity contribution in [2.24, 2.45) is 11.8 Å². The molecule has 1 saturated carbocycles. The van der Waals surface area contributed by atoms with Crippen molar-refractivity contribution >= 4 is 0 Å². The summed E-state index contributed by atoms with van der Waals surface area (Å²) in [6.07, 6.45) is -1.68. The zero-order valence-corrected chi connectivity index (χ0v) is 12.3. The van der Waals surface area contributed by atoms with Crippen LogP contribution in [-0.4, -0.2) is 11.5 Å². The third-order valence-corrected chi connectivity index (χ3v) is 4.32. The number of hydrogen-bond acceptors (Lipinski definition) is 2. The van der Waals surface area contributed by atoms with E-state index in [2.05, 4.69) is 4.74 Å². The van der Waals surface area contributed by atoms with Gasteiger partial charge in [-0.1, -0.05) is 44.9 Å². The normalized spacial score (nSPS) is 26.9. The average molecular weight is 302 g/mol. The maximum atomic E-state index is 12.6. The lowest BCUT2D eigenvalue weighted by Gasteiger charge is -2.43. The Morgan fingerprint density at radius 3 is 2.52 bits per heavy atom. The van der Waals surface area contributed by atoms with Gasteiger partial charge in [0.15, 0.2) is 0 Å². The quantitative estimate of drug-likeness (QED) is 0.883. The van der Waals surface area contributed by atoms with Crippen molar-refractivity contribution in [2.45, 2.75) is 51.5 Å². The molecule has 1 fully saturated rings. The molecule has 0 aromatic heterocycles. The minimum absolute atomic E-state index is 0.0655. The lowest BCUT2D eigenvalue weighted by molar-refractivity contribution is -0.275. The van der Waals surface area contributed by atoms with Gasteiger partial charge in [0.1, 0.15) is 5.75 Å². The SMILES string of the molecule is CC(C)C1CCCCC1(O)c1ccccc1OC(F)(F)F. The molecule has 118 valence electrons. The van der Waals surface area contributed by atoms with Gasteiger partial charge in [0.05, 0.1) is 5.60 Å². The molecule has 0 spiro atoms. The number of ether oxygens (including phenoxy) is 1. The lowest BCUT2D eigenvalue weighted by atomic mass is 9.67. The minimum Gasteiger partial charge on any atom is -0.405 e. The summed E-state index contributed by atoms with van der Waals surface area (Å²) in [5.41, 5.74) is -1.01. The van der Waals surface area contributed by atoms with Crippen molar-refractivity contribution in [3.8, 4) is 5.75 Å². The Labute approximate surface area is 122 Å². The standard InChI is InChI=1S/C16H21F3O2/c1-11(2)12-7-5-6-10-15(12,20)13-8-3-4-9-14(13)21-16(17,18)19/h3-4,8-9,11-12,20H,5-7,10H2,1-2H3. The second-order valence-corrected chi connectivity index (χ2v) is 6.06. The van der Waals surface area contributed by atoms with Gasteiger partial charge in [-0.05, 0) is 30.7 Å². The number of halogens is 3. The summed E-state index contributed by atoms with van der Waals surface area (Å²) in [6, 6.07) is 5.94. The molecule has 21 heavy (non-hydrogen) atoms. The van der Waals surface area contributed by atoms with Crippen LogP contribution in [0.25, 0.3) is 0 Å². The van der Waals surface area contributed by atoms with Crippen LogP contribution < -0.4 is 4.74 Å². The molecule has 2 rings (SSSR count). The van der Waals surface area contributed by atoms with Gasteiger partial charge >= 0.3 is 6.36 Å². The summed E-state index contributed by atoms with van der Waals surface area (Å²) in [5.74, 6) is -0.168. The van der Waals surface area contributed by atoms with E-state index < -0.39 is 12.0 Å². The second-order valence-electron chi connectivity index (χ2n) is 6.06. The first-order chi connectivity index (χ1) is 9.74. The third-order valence-electron chi connectivity index (χ3n) is 4.32. The number of hydrogen-bond donors (Lipinski definition) is 1. The molecule has 0 radical (unpaired) electrons. The molecular weight excluding hydrogens is 281 g/mol. The highest BCUT2D eigenvalue weighted by molar-refractivity contribution is 5.39. The predicted molar refractivity (Wildman–Crippen MR) is 73.8 cm³/mol. The van der Waals surface area contributed by atoms with E-state index >= 15 is 0 Å². The van der Waals surface area contributed by atoms with E-state index in [-0.39, 0.29) is 23.1 Å². The Morgan fingerprint density at radius 1 is 1.24 bits per heavy atom.